The van der Waals surface area contributed by atoms with Crippen LogP contribution in [0.1, 0.15) is 21.0 Å². The number of fused-ring (bicyclic) bond motifs is 1. The molecule has 9 heteroatoms. The number of rotatable bonds is 3. The third-order valence-corrected chi connectivity index (χ3v) is 4.35. The van der Waals surface area contributed by atoms with Crippen LogP contribution >= 0.6 is 0 Å². The van der Waals surface area contributed by atoms with Crippen molar-refractivity contribution in [3.63, 3.8) is 0 Å². The van der Waals surface area contributed by atoms with Gasteiger partial charge in [-0.25, -0.2) is 8.78 Å². The summed E-state index contributed by atoms with van der Waals surface area (Å²) in [7, 11) is 0. The summed E-state index contributed by atoms with van der Waals surface area (Å²) < 4.78 is 26.7. The van der Waals surface area contributed by atoms with Crippen molar-refractivity contribution >= 4 is 22.7 Å². The van der Waals surface area contributed by atoms with Crippen molar-refractivity contribution in [2.75, 3.05) is 13.1 Å². The number of aromatic hydroxyl groups is 1. The number of phenolic OH excluding ortho intramolecular Hbond substituents is 1. The smallest absolute Gasteiger partial charge is 0.270 e. The minimum atomic E-state index is -0.574. The lowest BCUT2D eigenvalue weighted by Gasteiger charge is -2.39. The molecule has 1 aliphatic heterocycles. The molecule has 1 aliphatic rings. The predicted octanol–water partition coefficient (Wildman–Crippen LogP) is 1.73. The van der Waals surface area contributed by atoms with E-state index in [0.29, 0.717) is 0 Å². The fraction of sp³-hybridized carbons (Fsp3) is 0.176. The summed E-state index contributed by atoms with van der Waals surface area (Å²) in [6.07, 6.45) is 1.09. The number of aromatic amines is 2. The van der Waals surface area contributed by atoms with Crippen LogP contribution < -0.4 is 5.32 Å². The number of likely N-dealkylation sites (tertiary alicyclic amines) is 1. The Morgan fingerprint density at radius 3 is 2.62 bits per heavy atom. The number of carbonyl (C=O) groups is 2. The lowest BCUT2D eigenvalue weighted by Crippen LogP contribution is -2.61. The van der Waals surface area contributed by atoms with Crippen LogP contribution in [0.5, 0.6) is 5.75 Å². The van der Waals surface area contributed by atoms with Gasteiger partial charge in [0.1, 0.15) is 28.8 Å². The number of nitrogens with zero attached hydrogens (tertiary/aromatic N) is 1. The Morgan fingerprint density at radius 1 is 1.19 bits per heavy atom. The molecule has 0 radical (unpaired) electrons. The second-order valence-corrected chi connectivity index (χ2v) is 6.15. The first-order valence-electron chi connectivity index (χ1n) is 7.86. The fourth-order valence-electron chi connectivity index (χ4n) is 2.95. The van der Waals surface area contributed by atoms with E-state index in [0.717, 1.165) is 18.3 Å². The van der Waals surface area contributed by atoms with Gasteiger partial charge in [0.25, 0.3) is 11.8 Å². The molecule has 1 saturated heterocycles. The van der Waals surface area contributed by atoms with Gasteiger partial charge in [0.15, 0.2) is 0 Å². The monoisotopic (exact) mass is 360 g/mol. The molecule has 0 aliphatic carbocycles. The van der Waals surface area contributed by atoms with Gasteiger partial charge < -0.3 is 25.3 Å². The van der Waals surface area contributed by atoms with Gasteiger partial charge in [0.2, 0.25) is 0 Å². The van der Waals surface area contributed by atoms with Crippen molar-refractivity contribution in [3.8, 4) is 5.75 Å². The van der Waals surface area contributed by atoms with Gasteiger partial charge in [-0.1, -0.05) is 0 Å². The largest absolute Gasteiger partial charge is 0.507 e. The van der Waals surface area contributed by atoms with Gasteiger partial charge in [-0.05, 0) is 18.2 Å². The highest BCUT2D eigenvalue weighted by molar-refractivity contribution is 6.00. The van der Waals surface area contributed by atoms with Crippen molar-refractivity contribution < 1.29 is 23.5 Å². The van der Waals surface area contributed by atoms with Crippen molar-refractivity contribution in [2.45, 2.75) is 6.04 Å². The third kappa shape index (κ3) is 2.67. The van der Waals surface area contributed by atoms with Crippen LogP contribution in [0.25, 0.3) is 10.9 Å². The van der Waals surface area contributed by atoms with Crippen LogP contribution in [0.3, 0.4) is 0 Å². The molecule has 4 rings (SSSR count). The molecular weight excluding hydrogens is 346 g/mol. The van der Waals surface area contributed by atoms with Crippen molar-refractivity contribution in [1.29, 1.82) is 0 Å². The number of amides is 2. The Hall–Kier alpha value is -3.36. The quantitative estimate of drug-likeness (QED) is 0.572. The van der Waals surface area contributed by atoms with E-state index in [4.69, 9.17) is 0 Å². The molecule has 0 spiro atoms. The lowest BCUT2D eigenvalue weighted by atomic mass is 10.1. The molecular formula is C17H14F2N4O3. The highest BCUT2D eigenvalue weighted by Gasteiger charge is 2.33. The minimum absolute atomic E-state index is 0.0503. The van der Waals surface area contributed by atoms with Gasteiger partial charge in [-0.2, -0.15) is 0 Å². The standard InChI is InChI=1S/C17H14F2N4O3/c18-8-3-13(20-5-8)17(26)23-6-9(7-23)21-16(25)12-4-10-14(24)2-1-11(19)15(10)22-12/h1-5,9,20,22,24H,6-7H2,(H,21,25). The first-order valence-corrected chi connectivity index (χ1v) is 7.86. The van der Waals surface area contributed by atoms with Crippen LogP contribution in [-0.4, -0.2) is 50.9 Å². The molecule has 4 N–H and O–H groups in total. The zero-order valence-electron chi connectivity index (χ0n) is 13.3. The van der Waals surface area contributed by atoms with Gasteiger partial charge in [0.05, 0.1) is 11.6 Å². The average molecular weight is 360 g/mol. The predicted molar refractivity (Wildman–Crippen MR) is 87.8 cm³/mol. The number of hydrogen-bond acceptors (Lipinski definition) is 3. The Bertz CT molecular complexity index is 981. The Balaban J connectivity index is 1.40. The second-order valence-electron chi connectivity index (χ2n) is 6.15. The van der Waals surface area contributed by atoms with E-state index in [1.54, 1.807) is 0 Å². The molecule has 3 aromatic rings. The number of carbonyl (C=O) groups excluding carboxylic acids is 2. The van der Waals surface area contributed by atoms with E-state index in [9.17, 15) is 23.5 Å². The average Bonchev–Trinajstić information content (AvgIpc) is 3.20. The Kier molecular flexibility index (Phi) is 3.64. The molecule has 0 unspecified atom stereocenters. The van der Waals surface area contributed by atoms with Gasteiger partial charge in [-0.3, -0.25) is 9.59 Å². The van der Waals surface area contributed by atoms with E-state index in [-0.39, 0.29) is 53.1 Å². The Morgan fingerprint density at radius 2 is 1.96 bits per heavy atom. The number of benzene rings is 1. The number of hydrogen-bond donors (Lipinski definition) is 4. The lowest BCUT2D eigenvalue weighted by molar-refractivity contribution is 0.0537. The van der Waals surface area contributed by atoms with Crippen molar-refractivity contribution in [2.24, 2.45) is 0 Å². The molecule has 0 saturated carbocycles. The molecule has 0 bridgehead atoms. The molecule has 2 amide bonds. The van der Waals surface area contributed by atoms with E-state index in [2.05, 4.69) is 15.3 Å². The van der Waals surface area contributed by atoms with E-state index < -0.39 is 17.5 Å². The van der Waals surface area contributed by atoms with Crippen LogP contribution in [0.15, 0.2) is 30.5 Å². The zero-order chi connectivity index (χ0) is 18.4. The zero-order valence-corrected chi connectivity index (χ0v) is 13.3. The highest BCUT2D eigenvalue weighted by Crippen LogP contribution is 2.27. The topological polar surface area (TPSA) is 101 Å². The molecule has 2 aromatic heterocycles. The number of phenols is 1. The van der Waals surface area contributed by atoms with Gasteiger partial charge in [0, 0.05) is 30.7 Å². The van der Waals surface area contributed by atoms with Crippen molar-refractivity contribution in [1.82, 2.24) is 20.2 Å². The molecule has 1 fully saturated rings. The first kappa shape index (κ1) is 16.1. The SMILES string of the molecule is O=C(NC1CN(C(=O)c2cc(F)c[nH]2)C1)c1cc2c(O)ccc(F)c2[nH]1. The van der Waals surface area contributed by atoms with Crippen LogP contribution in [0.2, 0.25) is 0 Å². The molecule has 1 aromatic carbocycles. The summed E-state index contributed by atoms with van der Waals surface area (Å²) in [5.41, 5.74) is 0.305. The van der Waals surface area contributed by atoms with Crippen LogP contribution in [0.4, 0.5) is 8.78 Å². The summed E-state index contributed by atoms with van der Waals surface area (Å²) in [6.45, 7) is 0.566. The number of halogens is 2. The summed E-state index contributed by atoms with van der Waals surface area (Å²) in [6, 6.07) is 4.53. The summed E-state index contributed by atoms with van der Waals surface area (Å²) in [5.74, 6) is -2.04. The summed E-state index contributed by atoms with van der Waals surface area (Å²) in [4.78, 5) is 31.0. The van der Waals surface area contributed by atoms with Gasteiger partial charge >= 0.3 is 0 Å². The Labute approximate surface area is 145 Å². The summed E-state index contributed by atoms with van der Waals surface area (Å²) in [5, 5.41) is 12.7. The van der Waals surface area contributed by atoms with Crippen LogP contribution in [0, 0.1) is 11.6 Å². The third-order valence-electron chi connectivity index (χ3n) is 4.35. The normalized spacial score (nSPS) is 14.5. The highest BCUT2D eigenvalue weighted by atomic mass is 19.1. The summed E-state index contributed by atoms with van der Waals surface area (Å²) >= 11 is 0. The van der Waals surface area contributed by atoms with Crippen LogP contribution in [-0.2, 0) is 0 Å². The molecule has 3 heterocycles. The maximum absolute atomic E-state index is 13.7. The molecule has 26 heavy (non-hydrogen) atoms. The maximum Gasteiger partial charge on any atom is 0.270 e. The van der Waals surface area contributed by atoms with E-state index >= 15 is 0 Å². The molecule has 7 nitrogen and oxygen atoms in total. The minimum Gasteiger partial charge on any atom is -0.507 e. The number of nitrogens with one attached hydrogen (secondary N) is 3. The molecule has 0 atom stereocenters. The number of H-pyrrole nitrogens is 2. The maximum atomic E-state index is 13.7. The van der Waals surface area contributed by atoms with Gasteiger partial charge in [-0.15, -0.1) is 0 Å². The van der Waals surface area contributed by atoms with E-state index in [1.165, 1.54) is 17.0 Å². The first-order chi connectivity index (χ1) is 12.4. The van der Waals surface area contributed by atoms with E-state index in [1.807, 2.05) is 0 Å². The molecule has 134 valence electrons. The number of aromatic nitrogens is 2. The fourth-order valence-corrected chi connectivity index (χ4v) is 2.95. The second kappa shape index (κ2) is 5.87. The van der Waals surface area contributed by atoms with Crippen molar-refractivity contribution in [3.05, 3.63) is 53.5 Å².